The largest absolute Gasteiger partial charge is 0.377 e. The zero-order valence-electron chi connectivity index (χ0n) is 14.7. The molecule has 5 heteroatoms. The Hall–Kier alpha value is -1.07. The van der Waals surface area contributed by atoms with Gasteiger partial charge in [-0.2, -0.15) is 5.10 Å². The summed E-state index contributed by atoms with van der Waals surface area (Å²) >= 11 is 0. The van der Waals surface area contributed by atoms with Crippen LogP contribution in [0, 0.1) is 12.8 Å². The minimum absolute atomic E-state index is 0.277. The third-order valence-electron chi connectivity index (χ3n) is 3.41. The average Bonchev–Trinajstić information content (AvgIpc) is 2.63. The number of aromatic nitrogens is 2. The van der Waals surface area contributed by atoms with Crippen molar-refractivity contribution >= 4 is 5.82 Å². The van der Waals surface area contributed by atoms with Crippen LogP contribution in [0.15, 0.2) is 0 Å². The Morgan fingerprint density at radius 1 is 1.29 bits per heavy atom. The second-order valence-corrected chi connectivity index (χ2v) is 6.38. The molecule has 0 aromatic carbocycles. The highest BCUT2D eigenvalue weighted by Gasteiger charge is 2.16. The second kappa shape index (κ2) is 8.39. The Bertz CT molecular complexity index is 426. The van der Waals surface area contributed by atoms with Crippen molar-refractivity contribution in [1.29, 1.82) is 0 Å². The highest BCUT2D eigenvalue weighted by molar-refractivity contribution is 5.49. The zero-order valence-corrected chi connectivity index (χ0v) is 14.7. The number of aryl methyl sites for hydroxylation is 2. The number of rotatable bonds is 9. The Kier molecular flexibility index (Phi) is 7.18. The summed E-state index contributed by atoms with van der Waals surface area (Å²) in [5.74, 6) is 1.83. The van der Waals surface area contributed by atoms with Gasteiger partial charge in [-0.25, -0.2) is 0 Å². The van der Waals surface area contributed by atoms with Gasteiger partial charge in [0.2, 0.25) is 0 Å². The summed E-state index contributed by atoms with van der Waals surface area (Å²) in [6, 6.07) is 0. The van der Waals surface area contributed by atoms with Crippen LogP contribution in [0.4, 0.5) is 5.82 Å². The molecule has 1 N–H and O–H groups in total. The van der Waals surface area contributed by atoms with E-state index in [1.807, 2.05) is 11.7 Å². The van der Waals surface area contributed by atoms with Gasteiger partial charge in [0, 0.05) is 32.7 Å². The summed E-state index contributed by atoms with van der Waals surface area (Å²) < 4.78 is 7.62. The van der Waals surface area contributed by atoms with Gasteiger partial charge < -0.3 is 15.0 Å². The average molecular weight is 296 g/mol. The molecule has 0 atom stereocenters. The molecule has 1 aromatic heterocycles. The molecule has 0 bridgehead atoms. The van der Waals surface area contributed by atoms with Crippen molar-refractivity contribution in [2.45, 2.75) is 47.3 Å². The first-order chi connectivity index (χ1) is 9.82. The van der Waals surface area contributed by atoms with E-state index in [0.717, 1.165) is 31.9 Å². The van der Waals surface area contributed by atoms with Crippen LogP contribution in [0.2, 0.25) is 0 Å². The van der Waals surface area contributed by atoms with E-state index in [1.54, 1.807) is 0 Å². The van der Waals surface area contributed by atoms with Crippen molar-refractivity contribution < 1.29 is 4.74 Å². The molecule has 0 fully saturated rings. The molecule has 0 aliphatic heterocycles. The number of hydrogen-bond acceptors (Lipinski definition) is 4. The summed E-state index contributed by atoms with van der Waals surface area (Å²) in [6.07, 6.45) is 0.277. The van der Waals surface area contributed by atoms with E-state index >= 15 is 0 Å². The van der Waals surface area contributed by atoms with Crippen LogP contribution < -0.4 is 10.2 Å². The molecule has 1 rings (SSSR count). The van der Waals surface area contributed by atoms with Gasteiger partial charge in [-0.3, -0.25) is 4.68 Å². The molecule has 122 valence electrons. The highest BCUT2D eigenvalue weighted by atomic mass is 16.5. The molecular weight excluding hydrogens is 264 g/mol. The number of anilines is 1. The maximum Gasteiger partial charge on any atom is 0.131 e. The van der Waals surface area contributed by atoms with Crippen molar-refractivity contribution in [3.63, 3.8) is 0 Å². The molecular formula is C16H32N4O. The zero-order chi connectivity index (χ0) is 16.0. The normalized spacial score (nSPS) is 11.7. The Balaban J connectivity index is 2.70. The Morgan fingerprint density at radius 2 is 1.95 bits per heavy atom. The van der Waals surface area contributed by atoms with E-state index in [4.69, 9.17) is 4.74 Å². The van der Waals surface area contributed by atoms with Crippen LogP contribution in [0.25, 0.3) is 0 Å². The standard InChI is InChI=1S/C16H32N4O/c1-12(2)10-17-11-15-14(5)18-20(7)16(15)19(6)8-9-21-13(3)4/h12-13,17H,8-11H2,1-7H3. The van der Waals surface area contributed by atoms with Crippen LogP contribution in [-0.2, 0) is 18.3 Å². The van der Waals surface area contributed by atoms with Crippen molar-refractivity contribution in [3.05, 3.63) is 11.3 Å². The van der Waals surface area contributed by atoms with E-state index in [1.165, 1.54) is 11.4 Å². The summed E-state index contributed by atoms with van der Waals surface area (Å²) in [6.45, 7) is 14.1. The smallest absolute Gasteiger partial charge is 0.131 e. The van der Waals surface area contributed by atoms with E-state index in [9.17, 15) is 0 Å². The van der Waals surface area contributed by atoms with Gasteiger partial charge in [0.15, 0.2) is 0 Å². The minimum atomic E-state index is 0.277. The molecule has 0 aliphatic carbocycles. The van der Waals surface area contributed by atoms with Crippen molar-refractivity contribution in [3.8, 4) is 0 Å². The molecule has 1 heterocycles. The van der Waals surface area contributed by atoms with Gasteiger partial charge in [0.25, 0.3) is 0 Å². The lowest BCUT2D eigenvalue weighted by molar-refractivity contribution is 0.0844. The van der Waals surface area contributed by atoms with Gasteiger partial charge in [-0.1, -0.05) is 13.8 Å². The van der Waals surface area contributed by atoms with Gasteiger partial charge in [0.1, 0.15) is 5.82 Å². The molecule has 1 aromatic rings. The van der Waals surface area contributed by atoms with Crippen molar-refractivity contribution in [1.82, 2.24) is 15.1 Å². The van der Waals surface area contributed by atoms with E-state index < -0.39 is 0 Å². The number of hydrogen-bond donors (Lipinski definition) is 1. The number of likely N-dealkylation sites (N-methyl/N-ethyl adjacent to an activating group) is 1. The lowest BCUT2D eigenvalue weighted by Crippen LogP contribution is -2.28. The predicted octanol–water partition coefficient (Wildman–Crippen LogP) is 2.34. The maximum atomic E-state index is 5.65. The molecule has 0 saturated carbocycles. The summed E-state index contributed by atoms with van der Waals surface area (Å²) in [4.78, 5) is 2.23. The van der Waals surface area contributed by atoms with Gasteiger partial charge in [0.05, 0.1) is 18.4 Å². The van der Waals surface area contributed by atoms with Gasteiger partial charge >= 0.3 is 0 Å². The summed E-state index contributed by atoms with van der Waals surface area (Å²) in [7, 11) is 4.11. The van der Waals surface area contributed by atoms with E-state index in [2.05, 4.69) is 57.0 Å². The minimum Gasteiger partial charge on any atom is -0.377 e. The van der Waals surface area contributed by atoms with Crippen LogP contribution in [0.5, 0.6) is 0 Å². The van der Waals surface area contributed by atoms with E-state index in [-0.39, 0.29) is 6.10 Å². The summed E-state index contributed by atoms with van der Waals surface area (Å²) in [5, 5.41) is 8.08. The van der Waals surface area contributed by atoms with E-state index in [0.29, 0.717) is 5.92 Å². The molecule has 5 nitrogen and oxygen atoms in total. The van der Waals surface area contributed by atoms with Crippen LogP contribution in [-0.4, -0.2) is 42.6 Å². The fraction of sp³-hybridized carbons (Fsp3) is 0.812. The monoisotopic (exact) mass is 296 g/mol. The highest BCUT2D eigenvalue weighted by Crippen LogP contribution is 2.22. The molecule has 21 heavy (non-hydrogen) atoms. The van der Waals surface area contributed by atoms with Crippen LogP contribution in [0.3, 0.4) is 0 Å². The molecule has 0 amide bonds. The predicted molar refractivity (Wildman–Crippen MR) is 88.8 cm³/mol. The van der Waals surface area contributed by atoms with Crippen molar-refractivity contribution in [2.24, 2.45) is 13.0 Å². The Morgan fingerprint density at radius 3 is 2.52 bits per heavy atom. The number of ether oxygens (including phenoxy) is 1. The molecule has 0 saturated heterocycles. The molecule has 0 aliphatic rings. The van der Waals surface area contributed by atoms with Gasteiger partial charge in [-0.05, 0) is 33.2 Å². The first-order valence-corrected chi connectivity index (χ1v) is 7.88. The van der Waals surface area contributed by atoms with Gasteiger partial charge in [-0.15, -0.1) is 0 Å². The van der Waals surface area contributed by atoms with Crippen LogP contribution in [0.1, 0.15) is 39.0 Å². The quantitative estimate of drug-likeness (QED) is 0.759. The second-order valence-electron chi connectivity index (χ2n) is 6.38. The summed E-state index contributed by atoms with van der Waals surface area (Å²) in [5.41, 5.74) is 2.38. The molecule has 0 spiro atoms. The molecule has 0 unspecified atom stereocenters. The Labute approximate surface area is 129 Å². The number of nitrogens with zero attached hydrogens (tertiary/aromatic N) is 3. The topological polar surface area (TPSA) is 42.3 Å². The molecule has 0 radical (unpaired) electrons. The lowest BCUT2D eigenvalue weighted by atomic mass is 10.2. The SMILES string of the molecule is Cc1nn(C)c(N(C)CCOC(C)C)c1CNCC(C)C. The first kappa shape index (κ1) is 18.0. The third kappa shape index (κ3) is 5.67. The first-order valence-electron chi connectivity index (χ1n) is 7.88. The maximum absolute atomic E-state index is 5.65. The van der Waals surface area contributed by atoms with Crippen molar-refractivity contribution in [2.75, 3.05) is 31.6 Å². The van der Waals surface area contributed by atoms with Crippen LogP contribution >= 0.6 is 0 Å². The fourth-order valence-corrected chi connectivity index (χ4v) is 2.39. The third-order valence-corrected chi connectivity index (χ3v) is 3.41. The fourth-order valence-electron chi connectivity index (χ4n) is 2.39. The number of nitrogens with one attached hydrogen (secondary N) is 1. The lowest BCUT2D eigenvalue weighted by Gasteiger charge is -2.22.